The van der Waals surface area contributed by atoms with Crippen LogP contribution in [-0.4, -0.2) is 57.7 Å². The van der Waals surface area contributed by atoms with Crippen LogP contribution in [0.5, 0.6) is 17.2 Å². The number of carbonyl (C=O) groups is 2. The molecular weight excluding hydrogens is 312 g/mol. The molecule has 24 heavy (non-hydrogen) atoms. The number of nitrogens with one attached hydrogen (secondary N) is 1. The highest BCUT2D eigenvalue weighted by atomic mass is 16.5. The number of benzene rings is 1. The molecule has 134 valence electrons. The van der Waals surface area contributed by atoms with Gasteiger partial charge in [-0.1, -0.05) is 6.92 Å². The summed E-state index contributed by atoms with van der Waals surface area (Å²) >= 11 is 0. The van der Waals surface area contributed by atoms with Crippen molar-refractivity contribution in [3.63, 3.8) is 0 Å². The van der Waals surface area contributed by atoms with Crippen molar-refractivity contribution in [3.8, 4) is 17.2 Å². The lowest BCUT2D eigenvalue weighted by Crippen LogP contribution is -2.37. The molecule has 0 saturated carbocycles. The first-order valence-electron chi connectivity index (χ1n) is 7.82. The molecule has 1 aromatic rings. The van der Waals surface area contributed by atoms with Gasteiger partial charge in [0, 0.05) is 32.1 Å². The van der Waals surface area contributed by atoms with Crippen molar-refractivity contribution in [2.75, 3.05) is 41.0 Å². The van der Waals surface area contributed by atoms with Crippen LogP contribution < -0.4 is 19.5 Å². The van der Waals surface area contributed by atoms with E-state index in [1.165, 1.54) is 28.3 Å². The Balaban J connectivity index is 2.79. The number of methoxy groups -OCH3 is 3. The molecule has 0 aromatic heterocycles. The van der Waals surface area contributed by atoms with Gasteiger partial charge in [-0.2, -0.15) is 0 Å². The highest BCUT2D eigenvalue weighted by Crippen LogP contribution is 2.38. The fourth-order valence-electron chi connectivity index (χ4n) is 2.32. The van der Waals surface area contributed by atoms with E-state index in [4.69, 9.17) is 14.2 Å². The van der Waals surface area contributed by atoms with Crippen LogP contribution in [0.25, 0.3) is 0 Å². The molecule has 1 aromatic carbocycles. The highest BCUT2D eigenvalue weighted by Gasteiger charge is 2.17. The second-order valence-corrected chi connectivity index (χ2v) is 5.18. The molecule has 0 aliphatic carbocycles. The Morgan fingerprint density at radius 3 is 2.04 bits per heavy atom. The topological polar surface area (TPSA) is 77.1 Å². The Morgan fingerprint density at radius 2 is 1.62 bits per heavy atom. The Morgan fingerprint density at radius 1 is 1.04 bits per heavy atom. The third-order valence-corrected chi connectivity index (χ3v) is 3.53. The van der Waals surface area contributed by atoms with Crippen molar-refractivity contribution in [1.29, 1.82) is 0 Å². The number of carbonyl (C=O) groups excluding carboxylic acids is 2. The average molecular weight is 338 g/mol. The molecule has 7 nitrogen and oxygen atoms in total. The van der Waals surface area contributed by atoms with Crippen molar-refractivity contribution in [1.82, 2.24) is 10.2 Å². The van der Waals surface area contributed by atoms with Gasteiger partial charge in [-0.25, -0.2) is 0 Å². The summed E-state index contributed by atoms with van der Waals surface area (Å²) in [6, 6.07) is 3.18. The van der Waals surface area contributed by atoms with Crippen molar-refractivity contribution in [2.24, 2.45) is 0 Å². The maximum Gasteiger partial charge on any atom is 0.251 e. The second-order valence-electron chi connectivity index (χ2n) is 5.18. The Labute approximate surface area is 142 Å². The van der Waals surface area contributed by atoms with E-state index in [2.05, 4.69) is 5.32 Å². The number of ether oxygens (including phenoxy) is 3. The first kappa shape index (κ1) is 19.6. The molecule has 0 bridgehead atoms. The largest absolute Gasteiger partial charge is 0.493 e. The predicted octanol–water partition coefficient (Wildman–Crippen LogP) is 1.70. The molecule has 0 heterocycles. The van der Waals surface area contributed by atoms with E-state index < -0.39 is 0 Å². The summed E-state index contributed by atoms with van der Waals surface area (Å²) in [5.41, 5.74) is 0.398. The molecule has 0 saturated heterocycles. The van der Waals surface area contributed by atoms with Gasteiger partial charge < -0.3 is 24.4 Å². The minimum absolute atomic E-state index is 0.00103. The van der Waals surface area contributed by atoms with E-state index in [-0.39, 0.29) is 11.8 Å². The number of amides is 2. The summed E-state index contributed by atoms with van der Waals surface area (Å²) in [4.78, 5) is 25.5. The molecule has 0 atom stereocenters. The Hall–Kier alpha value is -2.44. The van der Waals surface area contributed by atoms with Crippen LogP contribution in [0, 0.1) is 0 Å². The van der Waals surface area contributed by atoms with Gasteiger partial charge in [0.1, 0.15) is 0 Å². The smallest absolute Gasteiger partial charge is 0.251 e. The summed E-state index contributed by atoms with van der Waals surface area (Å²) in [5, 5.41) is 2.80. The molecule has 0 spiro atoms. The average Bonchev–Trinajstić information content (AvgIpc) is 2.59. The summed E-state index contributed by atoms with van der Waals surface area (Å²) < 4.78 is 15.7. The first-order chi connectivity index (χ1) is 11.5. The Kier molecular flexibility index (Phi) is 7.88. The zero-order chi connectivity index (χ0) is 18.1. The molecule has 0 fully saturated rings. The summed E-state index contributed by atoms with van der Waals surface area (Å²) in [5.74, 6) is 0.993. The lowest BCUT2D eigenvalue weighted by molar-refractivity contribution is -0.128. The van der Waals surface area contributed by atoms with Crippen molar-refractivity contribution < 1.29 is 23.8 Å². The van der Waals surface area contributed by atoms with Gasteiger partial charge >= 0.3 is 0 Å². The van der Waals surface area contributed by atoms with Gasteiger partial charge in [0.25, 0.3) is 5.91 Å². The number of nitrogens with zero attached hydrogens (tertiary/aromatic N) is 1. The lowest BCUT2D eigenvalue weighted by Gasteiger charge is -2.20. The minimum atomic E-state index is -0.269. The van der Waals surface area contributed by atoms with E-state index in [1.807, 2.05) is 6.92 Å². The molecule has 0 radical (unpaired) electrons. The number of hydrogen-bond donors (Lipinski definition) is 1. The van der Waals surface area contributed by atoms with Gasteiger partial charge in [-0.05, 0) is 18.6 Å². The van der Waals surface area contributed by atoms with E-state index in [9.17, 15) is 9.59 Å². The molecule has 0 aliphatic rings. The quantitative estimate of drug-likeness (QED) is 0.741. The highest BCUT2D eigenvalue weighted by molar-refractivity contribution is 5.95. The lowest BCUT2D eigenvalue weighted by atomic mass is 10.1. The van der Waals surface area contributed by atoms with E-state index >= 15 is 0 Å². The SMILES string of the molecule is CCCN(CCNC(=O)c1cc(OC)c(OC)c(OC)c1)C(C)=O. The fraction of sp³-hybridized carbons (Fsp3) is 0.529. The molecular formula is C17H26N2O5. The molecule has 0 aliphatic heterocycles. The number of rotatable bonds is 9. The van der Waals surface area contributed by atoms with Crippen LogP contribution in [0.3, 0.4) is 0 Å². The molecule has 1 N–H and O–H groups in total. The minimum Gasteiger partial charge on any atom is -0.493 e. The van der Waals surface area contributed by atoms with Crippen molar-refractivity contribution in [2.45, 2.75) is 20.3 Å². The van der Waals surface area contributed by atoms with Crippen LogP contribution >= 0.6 is 0 Å². The van der Waals surface area contributed by atoms with Crippen LogP contribution in [0.2, 0.25) is 0 Å². The number of hydrogen-bond acceptors (Lipinski definition) is 5. The molecule has 2 amide bonds. The maximum absolute atomic E-state index is 12.3. The van der Waals surface area contributed by atoms with Gasteiger partial charge in [0.2, 0.25) is 11.7 Å². The predicted molar refractivity (Wildman–Crippen MR) is 91.0 cm³/mol. The summed E-state index contributed by atoms with van der Waals surface area (Å²) in [7, 11) is 4.49. The normalized spacial score (nSPS) is 10.0. The van der Waals surface area contributed by atoms with Crippen LogP contribution in [-0.2, 0) is 4.79 Å². The van der Waals surface area contributed by atoms with Crippen molar-refractivity contribution >= 4 is 11.8 Å². The van der Waals surface area contributed by atoms with E-state index in [0.29, 0.717) is 42.4 Å². The van der Waals surface area contributed by atoms with Crippen LogP contribution in [0.1, 0.15) is 30.6 Å². The van der Waals surface area contributed by atoms with Gasteiger partial charge in [-0.3, -0.25) is 9.59 Å². The van der Waals surface area contributed by atoms with E-state index in [1.54, 1.807) is 17.0 Å². The third kappa shape index (κ3) is 5.04. The zero-order valence-corrected chi connectivity index (χ0v) is 15.0. The standard InChI is InChI=1S/C17H26N2O5/c1-6-8-19(12(2)20)9-7-18-17(21)13-10-14(22-3)16(24-5)15(11-13)23-4/h10-11H,6-9H2,1-5H3,(H,18,21). The van der Waals surface area contributed by atoms with Gasteiger partial charge in [0.15, 0.2) is 11.5 Å². The van der Waals surface area contributed by atoms with Crippen LogP contribution in [0.4, 0.5) is 0 Å². The van der Waals surface area contributed by atoms with E-state index in [0.717, 1.165) is 6.42 Å². The summed E-state index contributed by atoms with van der Waals surface area (Å²) in [6.45, 7) is 5.05. The zero-order valence-electron chi connectivity index (χ0n) is 15.0. The fourth-order valence-corrected chi connectivity index (χ4v) is 2.32. The second kappa shape index (κ2) is 9.64. The molecule has 0 unspecified atom stereocenters. The van der Waals surface area contributed by atoms with Gasteiger partial charge in [-0.15, -0.1) is 0 Å². The first-order valence-corrected chi connectivity index (χ1v) is 7.82. The van der Waals surface area contributed by atoms with Crippen molar-refractivity contribution in [3.05, 3.63) is 17.7 Å². The molecule has 7 heteroatoms. The summed E-state index contributed by atoms with van der Waals surface area (Å²) in [6.07, 6.45) is 0.875. The maximum atomic E-state index is 12.3. The van der Waals surface area contributed by atoms with Crippen LogP contribution in [0.15, 0.2) is 12.1 Å². The monoisotopic (exact) mass is 338 g/mol. The third-order valence-electron chi connectivity index (χ3n) is 3.53. The Bertz CT molecular complexity index is 549. The molecule has 1 rings (SSSR count). The van der Waals surface area contributed by atoms with Gasteiger partial charge in [0.05, 0.1) is 21.3 Å².